The first-order valence-electron chi connectivity index (χ1n) is 10.1. The van der Waals surface area contributed by atoms with Crippen LogP contribution in [0.25, 0.3) is 0 Å². The van der Waals surface area contributed by atoms with Gasteiger partial charge >= 0.3 is 25.4 Å². The van der Waals surface area contributed by atoms with Gasteiger partial charge in [0, 0.05) is 19.0 Å². The Kier molecular flexibility index (Phi) is 8.80. The van der Waals surface area contributed by atoms with Gasteiger partial charge in [-0.1, -0.05) is 53.0 Å². The zero-order valence-electron chi connectivity index (χ0n) is 18.0. The van der Waals surface area contributed by atoms with Crippen LogP contribution >= 0.6 is 30.1 Å². The van der Waals surface area contributed by atoms with E-state index in [1.165, 1.54) is 19.1 Å². The highest BCUT2D eigenvalue weighted by molar-refractivity contribution is 14.1. The quantitative estimate of drug-likeness (QED) is 0.185. The average molecular weight is 633 g/mol. The second-order valence-electron chi connectivity index (χ2n) is 7.21. The van der Waals surface area contributed by atoms with Crippen LogP contribution in [0, 0.1) is 0 Å². The van der Waals surface area contributed by atoms with Gasteiger partial charge in [0.25, 0.3) is 5.56 Å². The van der Waals surface area contributed by atoms with Gasteiger partial charge in [-0.15, -0.1) is 0 Å². The lowest BCUT2D eigenvalue weighted by atomic mass is 10.3. The van der Waals surface area contributed by atoms with Gasteiger partial charge in [0.05, 0.1) is 3.92 Å². The van der Waals surface area contributed by atoms with Crippen molar-refractivity contribution in [3.05, 3.63) is 62.9 Å². The summed E-state index contributed by atoms with van der Waals surface area (Å²) in [6.45, 7) is 1.53. The Morgan fingerprint density at radius 2 is 2.00 bits per heavy atom. The summed E-state index contributed by atoms with van der Waals surface area (Å²) in [6.07, 6.45) is -7.54. The molecular formula is C19H20F3IN3O8P. The van der Waals surface area contributed by atoms with Gasteiger partial charge in [0.15, 0.2) is 12.6 Å². The standard InChI is InChI=1S/C19H20F3IN3O8P/c1-2-15(27)33-25-35(30,34-11-6-4-3-5-7-11)10-31-17-13(23)8-14(32-17)26-9-12(19(20,21)22)16(28)24-18(26)29/h3-7,9,13-14,17H,2,8,10H2,1H3,(H,25,30)(H,24,28,29)/t13-,14+,17-,35?/m0/s1. The maximum Gasteiger partial charge on any atom is 0.423 e. The first kappa shape index (κ1) is 27.4. The molecule has 2 aromatic rings. The molecule has 0 saturated carbocycles. The number of rotatable bonds is 9. The fourth-order valence-electron chi connectivity index (χ4n) is 2.91. The van der Waals surface area contributed by atoms with Crippen molar-refractivity contribution in [2.45, 2.75) is 42.4 Å². The second-order valence-corrected chi connectivity index (χ2v) is 10.8. The lowest BCUT2D eigenvalue weighted by molar-refractivity contribution is -0.148. The molecule has 1 fully saturated rings. The van der Waals surface area contributed by atoms with Gasteiger partial charge < -0.3 is 18.8 Å². The topological polar surface area (TPSA) is 138 Å². The highest BCUT2D eigenvalue weighted by Gasteiger charge is 2.40. The van der Waals surface area contributed by atoms with Crippen LogP contribution < -0.4 is 21.0 Å². The number of hydrogen-bond donors (Lipinski definition) is 2. The SMILES string of the molecule is CCC(=O)ONP(=O)(CO[C@H]1O[C@@H](n2cc(C(F)(F)F)c(=O)[nH]c2=O)C[C@@H]1I)Oc1ccccc1. The second kappa shape index (κ2) is 11.2. The molecule has 3 rings (SSSR count). The summed E-state index contributed by atoms with van der Waals surface area (Å²) in [4.78, 5) is 41.5. The minimum Gasteiger partial charge on any atom is -0.429 e. The summed E-state index contributed by atoms with van der Waals surface area (Å²) in [7, 11) is -3.99. The molecule has 1 aliphatic rings. The number of halogens is 4. The lowest BCUT2D eigenvalue weighted by Gasteiger charge is -2.22. The van der Waals surface area contributed by atoms with E-state index in [9.17, 15) is 32.1 Å². The van der Waals surface area contributed by atoms with E-state index in [0.29, 0.717) is 10.8 Å². The Balaban J connectivity index is 1.75. The molecule has 11 nitrogen and oxygen atoms in total. The first-order chi connectivity index (χ1) is 16.4. The third kappa shape index (κ3) is 7.16. The number of H-pyrrole nitrogens is 1. The molecule has 35 heavy (non-hydrogen) atoms. The summed E-state index contributed by atoms with van der Waals surface area (Å²) in [5.41, 5.74) is -4.22. The third-order valence-electron chi connectivity index (χ3n) is 4.59. The highest BCUT2D eigenvalue weighted by Crippen LogP contribution is 2.45. The fourth-order valence-corrected chi connectivity index (χ4v) is 4.91. The van der Waals surface area contributed by atoms with Crippen molar-refractivity contribution in [1.82, 2.24) is 14.8 Å². The van der Waals surface area contributed by atoms with E-state index < -0.39 is 59.3 Å². The van der Waals surface area contributed by atoms with Crippen LogP contribution in [-0.4, -0.2) is 32.1 Å². The Labute approximate surface area is 209 Å². The molecule has 192 valence electrons. The summed E-state index contributed by atoms with van der Waals surface area (Å²) in [5, 5.41) is 2.10. The van der Waals surface area contributed by atoms with Crippen LogP contribution in [-0.2, 0) is 29.8 Å². The molecule has 0 aliphatic carbocycles. The van der Waals surface area contributed by atoms with Gasteiger partial charge in [0.2, 0.25) is 0 Å². The van der Waals surface area contributed by atoms with Crippen LogP contribution in [0.5, 0.6) is 5.75 Å². The fraction of sp³-hybridized carbons (Fsp3) is 0.421. The van der Waals surface area contributed by atoms with Crippen LogP contribution in [0.4, 0.5) is 13.2 Å². The van der Waals surface area contributed by atoms with Gasteiger partial charge in [-0.2, -0.15) is 13.2 Å². The summed E-state index contributed by atoms with van der Waals surface area (Å²) in [6, 6.07) is 7.98. The normalized spacial score (nSPS) is 21.9. The Morgan fingerprint density at radius 1 is 1.31 bits per heavy atom. The average Bonchev–Trinajstić information content (AvgIpc) is 3.16. The van der Waals surface area contributed by atoms with Crippen molar-refractivity contribution in [1.29, 1.82) is 0 Å². The molecule has 4 atom stereocenters. The van der Waals surface area contributed by atoms with Crippen molar-refractivity contribution in [2.75, 3.05) is 6.35 Å². The van der Waals surface area contributed by atoms with Crippen molar-refractivity contribution in [2.24, 2.45) is 0 Å². The van der Waals surface area contributed by atoms with Crippen molar-refractivity contribution in [3.8, 4) is 5.75 Å². The molecule has 0 radical (unpaired) electrons. The van der Waals surface area contributed by atoms with E-state index in [0.717, 1.165) is 0 Å². The molecule has 1 unspecified atom stereocenters. The molecule has 1 aromatic carbocycles. The van der Waals surface area contributed by atoms with Crippen LogP contribution in [0.1, 0.15) is 31.6 Å². The molecule has 1 aliphatic heterocycles. The molecule has 2 N–H and O–H groups in total. The molecule has 2 heterocycles. The summed E-state index contributed by atoms with van der Waals surface area (Å²) in [5.74, 6) is -0.515. The number of benzene rings is 1. The van der Waals surface area contributed by atoms with E-state index in [4.69, 9.17) is 18.8 Å². The zero-order valence-corrected chi connectivity index (χ0v) is 21.0. The summed E-state index contributed by atoms with van der Waals surface area (Å²) >= 11 is 1.90. The van der Waals surface area contributed by atoms with Crippen LogP contribution in [0.3, 0.4) is 0 Å². The third-order valence-corrected chi connectivity index (χ3v) is 7.05. The monoisotopic (exact) mass is 633 g/mol. The minimum atomic E-state index is -4.98. The number of carbonyl (C=O) groups excluding carboxylic acids is 1. The molecular weight excluding hydrogens is 613 g/mol. The molecule has 0 amide bonds. The zero-order chi connectivity index (χ0) is 25.8. The number of carbonyl (C=O) groups is 1. The maximum absolute atomic E-state index is 13.3. The van der Waals surface area contributed by atoms with E-state index in [-0.39, 0.29) is 18.6 Å². The number of aromatic nitrogens is 2. The van der Waals surface area contributed by atoms with Gasteiger partial charge in [-0.05, 0) is 12.1 Å². The van der Waals surface area contributed by atoms with Gasteiger partial charge in [0.1, 0.15) is 17.5 Å². The molecule has 1 aromatic heterocycles. The van der Waals surface area contributed by atoms with E-state index in [2.05, 4.69) is 5.25 Å². The first-order valence-corrected chi connectivity index (χ1v) is 13.1. The number of ether oxygens (including phenoxy) is 2. The van der Waals surface area contributed by atoms with E-state index in [1.807, 2.05) is 22.6 Å². The Morgan fingerprint density at radius 3 is 2.63 bits per heavy atom. The number of nitrogens with zero attached hydrogens (tertiary/aromatic N) is 1. The lowest BCUT2D eigenvalue weighted by Crippen LogP contribution is -2.36. The minimum absolute atomic E-state index is 0.00370. The molecule has 0 spiro atoms. The molecule has 1 saturated heterocycles. The number of aromatic amines is 1. The van der Waals surface area contributed by atoms with Gasteiger partial charge in [-0.25, -0.2) is 4.79 Å². The van der Waals surface area contributed by atoms with E-state index >= 15 is 0 Å². The largest absolute Gasteiger partial charge is 0.429 e. The van der Waals surface area contributed by atoms with Crippen molar-refractivity contribution >= 4 is 36.1 Å². The highest BCUT2D eigenvalue weighted by atomic mass is 127. The van der Waals surface area contributed by atoms with Crippen LogP contribution in [0.15, 0.2) is 46.1 Å². The number of nitrogens with one attached hydrogen (secondary N) is 2. The Bertz CT molecular complexity index is 1210. The van der Waals surface area contributed by atoms with Crippen LogP contribution in [0.2, 0.25) is 0 Å². The molecule has 0 bridgehead atoms. The number of hydrogen-bond acceptors (Lipinski definition) is 8. The predicted octanol–water partition coefficient (Wildman–Crippen LogP) is 3.31. The maximum atomic E-state index is 13.3. The number of alkyl halides is 4. The Hall–Kier alpha value is -2.20. The summed E-state index contributed by atoms with van der Waals surface area (Å²) < 4.78 is 69.2. The number of para-hydroxylation sites is 1. The van der Waals surface area contributed by atoms with E-state index in [1.54, 1.807) is 23.2 Å². The van der Waals surface area contributed by atoms with Gasteiger partial charge in [-0.3, -0.25) is 23.7 Å². The molecule has 16 heteroatoms. The van der Waals surface area contributed by atoms with Crippen molar-refractivity contribution in [3.63, 3.8) is 0 Å². The van der Waals surface area contributed by atoms with Crippen molar-refractivity contribution < 1.29 is 41.4 Å². The smallest absolute Gasteiger partial charge is 0.423 e. The predicted molar refractivity (Wildman–Crippen MR) is 123 cm³/mol.